The minimum atomic E-state index is 0.0871. The molecule has 0 radical (unpaired) electrons. The number of hydrogen-bond acceptors (Lipinski definition) is 2. The fourth-order valence-electron chi connectivity index (χ4n) is 1.62. The Morgan fingerprint density at radius 2 is 2.38 bits per heavy atom. The van der Waals surface area contributed by atoms with Crippen molar-refractivity contribution in [2.75, 3.05) is 6.54 Å². The molecule has 0 aromatic rings. The van der Waals surface area contributed by atoms with Crippen LogP contribution in [-0.4, -0.2) is 24.3 Å². The fourth-order valence-corrected chi connectivity index (χ4v) is 1.62. The second-order valence-corrected chi connectivity index (χ2v) is 4.47. The molecule has 0 saturated carbocycles. The molecular formula is C11H21NO. The van der Waals surface area contributed by atoms with Crippen LogP contribution < -0.4 is 5.32 Å². The summed E-state index contributed by atoms with van der Waals surface area (Å²) in [5, 5.41) is 3.37. The molecule has 0 amide bonds. The molecule has 1 N–H and O–H groups in total. The normalized spacial score (nSPS) is 28.7. The van der Waals surface area contributed by atoms with Crippen molar-refractivity contribution in [3.05, 3.63) is 12.7 Å². The van der Waals surface area contributed by atoms with E-state index in [0.29, 0.717) is 12.1 Å². The lowest BCUT2D eigenvalue weighted by molar-refractivity contribution is -0.0145. The SMILES string of the molecule is C=CC(C)NCC1CCC(C)(C)O1. The summed E-state index contributed by atoms with van der Waals surface area (Å²) in [5.74, 6) is 0. The zero-order chi connectivity index (χ0) is 9.90. The largest absolute Gasteiger partial charge is 0.371 e. The molecule has 2 atom stereocenters. The van der Waals surface area contributed by atoms with E-state index < -0.39 is 0 Å². The van der Waals surface area contributed by atoms with Gasteiger partial charge < -0.3 is 10.1 Å². The predicted molar refractivity (Wildman–Crippen MR) is 55.8 cm³/mol. The smallest absolute Gasteiger partial charge is 0.0708 e. The Hall–Kier alpha value is -0.340. The van der Waals surface area contributed by atoms with Gasteiger partial charge in [0, 0.05) is 12.6 Å². The van der Waals surface area contributed by atoms with Crippen molar-refractivity contribution in [2.45, 2.75) is 51.4 Å². The zero-order valence-electron chi connectivity index (χ0n) is 8.97. The molecule has 0 aromatic heterocycles. The zero-order valence-corrected chi connectivity index (χ0v) is 8.97. The van der Waals surface area contributed by atoms with Crippen LogP contribution >= 0.6 is 0 Å². The predicted octanol–water partition coefficient (Wildman–Crippen LogP) is 2.11. The van der Waals surface area contributed by atoms with Gasteiger partial charge in [-0.3, -0.25) is 0 Å². The van der Waals surface area contributed by atoms with Gasteiger partial charge in [0.2, 0.25) is 0 Å². The lowest BCUT2D eigenvalue weighted by atomic mass is 10.1. The van der Waals surface area contributed by atoms with E-state index >= 15 is 0 Å². The lowest BCUT2D eigenvalue weighted by Crippen LogP contribution is -2.33. The number of rotatable bonds is 4. The van der Waals surface area contributed by atoms with E-state index in [1.54, 1.807) is 0 Å². The Labute approximate surface area is 81.4 Å². The van der Waals surface area contributed by atoms with Gasteiger partial charge in [0.15, 0.2) is 0 Å². The molecule has 0 bridgehead atoms. The average molecular weight is 183 g/mol. The molecule has 1 fully saturated rings. The molecule has 0 aliphatic carbocycles. The van der Waals surface area contributed by atoms with E-state index in [4.69, 9.17) is 4.74 Å². The Balaban J connectivity index is 2.21. The highest BCUT2D eigenvalue weighted by molar-refractivity contribution is 4.86. The van der Waals surface area contributed by atoms with E-state index in [0.717, 1.165) is 6.54 Å². The molecule has 1 rings (SSSR count). The minimum Gasteiger partial charge on any atom is -0.371 e. The molecule has 2 unspecified atom stereocenters. The highest BCUT2D eigenvalue weighted by atomic mass is 16.5. The first-order valence-corrected chi connectivity index (χ1v) is 5.07. The molecule has 13 heavy (non-hydrogen) atoms. The van der Waals surface area contributed by atoms with Crippen molar-refractivity contribution in [3.63, 3.8) is 0 Å². The first-order chi connectivity index (χ1) is 6.03. The molecule has 1 heterocycles. The van der Waals surface area contributed by atoms with Crippen LogP contribution in [0.3, 0.4) is 0 Å². The van der Waals surface area contributed by atoms with Crippen LogP contribution in [0.5, 0.6) is 0 Å². The quantitative estimate of drug-likeness (QED) is 0.674. The summed E-state index contributed by atoms with van der Waals surface area (Å²) in [6.45, 7) is 11.1. The molecule has 2 nitrogen and oxygen atoms in total. The highest BCUT2D eigenvalue weighted by Crippen LogP contribution is 2.28. The van der Waals surface area contributed by atoms with E-state index in [1.165, 1.54) is 12.8 Å². The second kappa shape index (κ2) is 4.25. The van der Waals surface area contributed by atoms with Crippen LogP contribution in [0.25, 0.3) is 0 Å². The number of nitrogens with one attached hydrogen (secondary N) is 1. The third-order valence-electron chi connectivity index (χ3n) is 2.58. The van der Waals surface area contributed by atoms with E-state index in [9.17, 15) is 0 Å². The summed E-state index contributed by atoms with van der Waals surface area (Å²) < 4.78 is 5.85. The van der Waals surface area contributed by atoms with Crippen molar-refractivity contribution in [3.8, 4) is 0 Å². The van der Waals surface area contributed by atoms with Gasteiger partial charge in [-0.2, -0.15) is 0 Å². The highest BCUT2D eigenvalue weighted by Gasteiger charge is 2.31. The van der Waals surface area contributed by atoms with Gasteiger partial charge in [-0.25, -0.2) is 0 Å². The summed E-state index contributed by atoms with van der Waals surface area (Å²) in [6.07, 6.45) is 4.64. The fraction of sp³-hybridized carbons (Fsp3) is 0.818. The van der Waals surface area contributed by atoms with Gasteiger partial charge in [-0.15, -0.1) is 6.58 Å². The second-order valence-electron chi connectivity index (χ2n) is 4.47. The van der Waals surface area contributed by atoms with Crippen LogP contribution in [-0.2, 0) is 4.74 Å². The Kier molecular flexibility index (Phi) is 3.51. The summed E-state index contributed by atoms with van der Waals surface area (Å²) in [6, 6.07) is 0.382. The van der Waals surface area contributed by atoms with Crippen LogP contribution in [0.4, 0.5) is 0 Å². The molecule has 2 heteroatoms. The molecule has 1 aliphatic rings. The van der Waals surface area contributed by atoms with Crippen LogP contribution in [0.2, 0.25) is 0 Å². The van der Waals surface area contributed by atoms with E-state index in [2.05, 4.69) is 32.7 Å². The molecular weight excluding hydrogens is 162 g/mol. The Morgan fingerprint density at radius 3 is 2.85 bits per heavy atom. The molecule has 0 aromatic carbocycles. The average Bonchev–Trinajstić information content (AvgIpc) is 2.41. The van der Waals surface area contributed by atoms with Crippen molar-refractivity contribution in [1.82, 2.24) is 5.32 Å². The third kappa shape index (κ3) is 3.49. The maximum Gasteiger partial charge on any atom is 0.0708 e. The summed E-state index contributed by atoms with van der Waals surface area (Å²) >= 11 is 0. The van der Waals surface area contributed by atoms with Crippen LogP contribution in [0.1, 0.15) is 33.6 Å². The van der Waals surface area contributed by atoms with E-state index in [1.807, 2.05) is 6.08 Å². The first kappa shape index (κ1) is 10.7. The van der Waals surface area contributed by atoms with Gasteiger partial charge >= 0.3 is 0 Å². The van der Waals surface area contributed by atoms with E-state index in [-0.39, 0.29) is 5.60 Å². The molecule has 1 saturated heterocycles. The standard InChI is InChI=1S/C11H21NO/c1-5-9(2)12-8-10-6-7-11(3,4)13-10/h5,9-10,12H,1,6-8H2,2-4H3. The van der Waals surface area contributed by atoms with Gasteiger partial charge in [-0.05, 0) is 33.6 Å². The van der Waals surface area contributed by atoms with Crippen molar-refractivity contribution in [1.29, 1.82) is 0 Å². The third-order valence-corrected chi connectivity index (χ3v) is 2.58. The first-order valence-electron chi connectivity index (χ1n) is 5.07. The Bertz CT molecular complexity index is 177. The summed E-state index contributed by atoms with van der Waals surface area (Å²) in [4.78, 5) is 0. The maximum atomic E-state index is 5.85. The van der Waals surface area contributed by atoms with Crippen LogP contribution in [0.15, 0.2) is 12.7 Å². The van der Waals surface area contributed by atoms with Gasteiger partial charge in [-0.1, -0.05) is 6.08 Å². The molecule has 1 aliphatic heterocycles. The monoisotopic (exact) mass is 183 g/mol. The summed E-state index contributed by atoms with van der Waals surface area (Å²) in [7, 11) is 0. The molecule has 76 valence electrons. The van der Waals surface area contributed by atoms with Crippen molar-refractivity contribution in [2.24, 2.45) is 0 Å². The van der Waals surface area contributed by atoms with Crippen molar-refractivity contribution < 1.29 is 4.74 Å². The number of ether oxygens (including phenoxy) is 1. The van der Waals surface area contributed by atoms with Gasteiger partial charge in [0.05, 0.1) is 11.7 Å². The Morgan fingerprint density at radius 1 is 1.69 bits per heavy atom. The number of hydrogen-bond donors (Lipinski definition) is 1. The van der Waals surface area contributed by atoms with Gasteiger partial charge in [0.1, 0.15) is 0 Å². The van der Waals surface area contributed by atoms with Crippen molar-refractivity contribution >= 4 is 0 Å². The molecule has 0 spiro atoms. The lowest BCUT2D eigenvalue weighted by Gasteiger charge is -2.20. The summed E-state index contributed by atoms with van der Waals surface area (Å²) in [5.41, 5.74) is 0.0871. The van der Waals surface area contributed by atoms with Crippen LogP contribution in [0, 0.1) is 0 Å². The topological polar surface area (TPSA) is 21.3 Å². The van der Waals surface area contributed by atoms with Gasteiger partial charge in [0.25, 0.3) is 0 Å². The minimum absolute atomic E-state index is 0.0871. The maximum absolute atomic E-state index is 5.85.